The van der Waals surface area contributed by atoms with Gasteiger partial charge in [0.1, 0.15) is 6.04 Å². The van der Waals surface area contributed by atoms with Gasteiger partial charge in [-0.2, -0.15) is 4.31 Å². The lowest BCUT2D eigenvalue weighted by Gasteiger charge is -2.24. The molecule has 0 spiro atoms. The number of nitrogens with zero attached hydrogens (tertiary/aromatic N) is 1. The Bertz CT molecular complexity index is 431. The SMILES string of the molecule is CCCCS(=O)(=O)N1CCCC1C(=O)NC[C@@H](C)NCC.Cl. The molecule has 1 amide bonds. The largest absolute Gasteiger partial charge is 0.353 e. The molecule has 0 saturated carbocycles. The Labute approximate surface area is 140 Å². The van der Waals surface area contributed by atoms with Crippen molar-refractivity contribution in [2.75, 3.05) is 25.4 Å². The number of sulfonamides is 1. The second-order valence-corrected chi connectivity index (χ2v) is 7.68. The fourth-order valence-electron chi connectivity index (χ4n) is 2.57. The maximum Gasteiger partial charge on any atom is 0.238 e. The van der Waals surface area contributed by atoms with Crippen molar-refractivity contribution in [1.82, 2.24) is 14.9 Å². The molecule has 1 unspecified atom stereocenters. The number of nitrogens with one attached hydrogen (secondary N) is 2. The number of hydrogen-bond donors (Lipinski definition) is 2. The molecule has 1 heterocycles. The minimum Gasteiger partial charge on any atom is -0.353 e. The van der Waals surface area contributed by atoms with Gasteiger partial charge in [-0.05, 0) is 32.7 Å². The molecule has 8 heteroatoms. The molecule has 2 N–H and O–H groups in total. The van der Waals surface area contributed by atoms with E-state index in [1.165, 1.54) is 4.31 Å². The van der Waals surface area contributed by atoms with E-state index in [2.05, 4.69) is 10.6 Å². The normalized spacial score (nSPS) is 20.4. The first-order valence-corrected chi connectivity index (χ1v) is 9.53. The van der Waals surface area contributed by atoms with Crippen molar-refractivity contribution in [2.24, 2.45) is 0 Å². The number of rotatable bonds is 9. The number of carbonyl (C=O) groups is 1. The van der Waals surface area contributed by atoms with Crippen LogP contribution in [0.15, 0.2) is 0 Å². The predicted molar refractivity (Wildman–Crippen MR) is 91.8 cm³/mol. The van der Waals surface area contributed by atoms with Gasteiger partial charge in [-0.25, -0.2) is 8.42 Å². The summed E-state index contributed by atoms with van der Waals surface area (Å²) in [6.07, 6.45) is 2.85. The molecule has 1 saturated heterocycles. The highest BCUT2D eigenvalue weighted by Crippen LogP contribution is 2.22. The highest BCUT2D eigenvalue weighted by atomic mass is 35.5. The van der Waals surface area contributed by atoms with Gasteiger partial charge in [0.25, 0.3) is 0 Å². The summed E-state index contributed by atoms with van der Waals surface area (Å²) in [6.45, 7) is 7.80. The van der Waals surface area contributed by atoms with Crippen LogP contribution in [0.3, 0.4) is 0 Å². The predicted octanol–water partition coefficient (Wildman–Crippen LogP) is 1.12. The van der Waals surface area contributed by atoms with E-state index in [1.54, 1.807) is 0 Å². The Hall–Kier alpha value is -0.370. The highest BCUT2D eigenvalue weighted by Gasteiger charge is 2.37. The number of unbranched alkanes of at least 4 members (excludes halogenated alkanes) is 1. The average Bonchev–Trinajstić information content (AvgIpc) is 2.93. The zero-order valence-corrected chi connectivity index (χ0v) is 15.4. The summed E-state index contributed by atoms with van der Waals surface area (Å²) in [5.41, 5.74) is 0. The van der Waals surface area contributed by atoms with Crippen molar-refractivity contribution < 1.29 is 13.2 Å². The first-order valence-electron chi connectivity index (χ1n) is 7.93. The lowest BCUT2D eigenvalue weighted by Crippen LogP contribution is -2.49. The Morgan fingerprint density at radius 3 is 2.64 bits per heavy atom. The van der Waals surface area contributed by atoms with Gasteiger partial charge < -0.3 is 10.6 Å². The summed E-state index contributed by atoms with van der Waals surface area (Å²) in [6, 6.07) is -0.341. The molecule has 2 atom stereocenters. The second kappa shape index (κ2) is 10.4. The average molecular weight is 356 g/mol. The number of halogens is 1. The molecular formula is C14H30ClN3O3S. The van der Waals surface area contributed by atoms with Gasteiger partial charge in [-0.3, -0.25) is 4.79 Å². The van der Waals surface area contributed by atoms with Crippen molar-refractivity contribution >= 4 is 28.3 Å². The Kier molecular flexibility index (Phi) is 10.2. The van der Waals surface area contributed by atoms with Gasteiger partial charge in [-0.1, -0.05) is 20.3 Å². The van der Waals surface area contributed by atoms with E-state index in [-0.39, 0.29) is 30.1 Å². The monoisotopic (exact) mass is 355 g/mol. The summed E-state index contributed by atoms with van der Waals surface area (Å²) in [5, 5.41) is 6.07. The van der Waals surface area contributed by atoms with Gasteiger partial charge >= 0.3 is 0 Å². The van der Waals surface area contributed by atoms with E-state index in [0.717, 1.165) is 19.4 Å². The van der Waals surface area contributed by atoms with Gasteiger partial charge in [-0.15, -0.1) is 12.4 Å². The van der Waals surface area contributed by atoms with E-state index in [4.69, 9.17) is 0 Å². The van der Waals surface area contributed by atoms with E-state index in [9.17, 15) is 13.2 Å². The molecule has 1 fully saturated rings. The minimum absolute atomic E-state index is 0. The molecule has 1 rings (SSSR count). The molecule has 0 aromatic heterocycles. The Morgan fingerprint density at radius 2 is 2.05 bits per heavy atom. The third-order valence-corrected chi connectivity index (χ3v) is 5.71. The molecule has 22 heavy (non-hydrogen) atoms. The number of carbonyl (C=O) groups excluding carboxylic acids is 1. The van der Waals surface area contributed by atoms with Crippen molar-refractivity contribution in [2.45, 2.75) is 58.5 Å². The maximum atomic E-state index is 12.3. The third-order valence-electron chi connectivity index (χ3n) is 3.75. The first-order chi connectivity index (χ1) is 9.92. The van der Waals surface area contributed by atoms with E-state index in [0.29, 0.717) is 25.9 Å². The van der Waals surface area contributed by atoms with Gasteiger partial charge in [0.05, 0.1) is 5.75 Å². The third kappa shape index (κ3) is 6.40. The molecule has 0 aromatic carbocycles. The van der Waals surface area contributed by atoms with Gasteiger partial charge in [0, 0.05) is 19.1 Å². The van der Waals surface area contributed by atoms with Crippen molar-refractivity contribution in [3.63, 3.8) is 0 Å². The van der Waals surface area contributed by atoms with Gasteiger partial charge in [0.2, 0.25) is 15.9 Å². The molecule has 0 bridgehead atoms. The lowest BCUT2D eigenvalue weighted by atomic mass is 10.2. The van der Waals surface area contributed by atoms with Crippen LogP contribution in [0.5, 0.6) is 0 Å². The van der Waals surface area contributed by atoms with Crippen LogP contribution in [-0.4, -0.2) is 56.1 Å². The molecule has 132 valence electrons. The molecular weight excluding hydrogens is 326 g/mol. The molecule has 0 aromatic rings. The van der Waals surface area contributed by atoms with Crippen LogP contribution >= 0.6 is 12.4 Å². The molecule has 1 aliphatic rings. The fourth-order valence-corrected chi connectivity index (χ4v) is 4.46. The Morgan fingerprint density at radius 1 is 1.36 bits per heavy atom. The standard InChI is InChI=1S/C14H29N3O3S.ClH/c1-4-6-10-21(19,20)17-9-7-8-13(17)14(18)16-11-12(3)15-5-2;/h12-13,15H,4-11H2,1-3H3,(H,16,18);1H/t12-,13?;/m1./s1. The van der Waals surface area contributed by atoms with E-state index < -0.39 is 16.1 Å². The van der Waals surface area contributed by atoms with Crippen LogP contribution in [0.1, 0.15) is 46.5 Å². The van der Waals surface area contributed by atoms with Crippen LogP contribution < -0.4 is 10.6 Å². The number of amides is 1. The fraction of sp³-hybridized carbons (Fsp3) is 0.929. The smallest absolute Gasteiger partial charge is 0.238 e. The second-order valence-electron chi connectivity index (χ2n) is 5.64. The zero-order chi connectivity index (χ0) is 15.9. The van der Waals surface area contributed by atoms with Crippen molar-refractivity contribution in [1.29, 1.82) is 0 Å². The highest BCUT2D eigenvalue weighted by molar-refractivity contribution is 7.89. The van der Waals surface area contributed by atoms with Crippen molar-refractivity contribution in [3.05, 3.63) is 0 Å². The summed E-state index contributed by atoms with van der Waals surface area (Å²) in [4.78, 5) is 12.2. The molecule has 0 aliphatic carbocycles. The van der Waals surface area contributed by atoms with E-state index >= 15 is 0 Å². The van der Waals surface area contributed by atoms with Crippen LogP contribution in [-0.2, 0) is 14.8 Å². The summed E-state index contributed by atoms with van der Waals surface area (Å²) >= 11 is 0. The van der Waals surface area contributed by atoms with Crippen LogP contribution in [0.25, 0.3) is 0 Å². The van der Waals surface area contributed by atoms with Gasteiger partial charge in [0.15, 0.2) is 0 Å². The lowest BCUT2D eigenvalue weighted by molar-refractivity contribution is -0.124. The molecule has 1 aliphatic heterocycles. The van der Waals surface area contributed by atoms with Crippen LogP contribution in [0, 0.1) is 0 Å². The molecule has 0 radical (unpaired) electrons. The summed E-state index contributed by atoms with van der Waals surface area (Å²) in [7, 11) is -3.31. The summed E-state index contributed by atoms with van der Waals surface area (Å²) in [5.74, 6) is -0.0292. The molecule has 6 nitrogen and oxygen atoms in total. The number of likely N-dealkylation sites (N-methyl/N-ethyl adjacent to an activating group) is 1. The topological polar surface area (TPSA) is 78.5 Å². The minimum atomic E-state index is -3.31. The van der Waals surface area contributed by atoms with Crippen LogP contribution in [0.4, 0.5) is 0 Å². The quantitative estimate of drug-likeness (QED) is 0.649. The summed E-state index contributed by atoms with van der Waals surface area (Å²) < 4.78 is 26.0. The van der Waals surface area contributed by atoms with E-state index in [1.807, 2.05) is 20.8 Å². The van der Waals surface area contributed by atoms with Crippen molar-refractivity contribution in [3.8, 4) is 0 Å². The Balaban J connectivity index is 0.00000441. The maximum absolute atomic E-state index is 12.3. The number of hydrogen-bond acceptors (Lipinski definition) is 4. The van der Waals surface area contributed by atoms with Crippen LogP contribution in [0.2, 0.25) is 0 Å². The first kappa shape index (κ1) is 21.6. The zero-order valence-electron chi connectivity index (χ0n) is 13.8.